The molecule has 1 aromatic carbocycles. The summed E-state index contributed by atoms with van der Waals surface area (Å²) in [5.41, 5.74) is -1.36. The maximum Gasteiger partial charge on any atom is 0.359 e. The average molecular weight is 384 g/mol. The van der Waals surface area contributed by atoms with Gasteiger partial charge in [0.2, 0.25) is 11.8 Å². The van der Waals surface area contributed by atoms with E-state index < -0.39 is 11.4 Å². The zero-order valence-corrected chi connectivity index (χ0v) is 14.5. The fourth-order valence-corrected chi connectivity index (χ4v) is 2.47. The number of hydrogen-bond acceptors (Lipinski definition) is 6. The molecule has 0 unspecified atom stereocenters. The van der Waals surface area contributed by atoms with Crippen LogP contribution in [0.4, 0.5) is 0 Å². The standard InChI is InChI=1S/C14H11Cl2N5O4/c1-24-9-6-10(25-2)18-12(17-9)21-14(23)20(13(22)19-21)8-5-3-4-7(15)11(8)16/h3-6H,1-2H3,(H,19,22). The van der Waals surface area contributed by atoms with Crippen molar-refractivity contribution in [2.75, 3.05) is 14.2 Å². The largest absolute Gasteiger partial charge is 0.481 e. The molecular formula is C14H11Cl2N5O4. The van der Waals surface area contributed by atoms with Gasteiger partial charge in [-0.3, -0.25) is 0 Å². The van der Waals surface area contributed by atoms with Crippen LogP contribution in [0.25, 0.3) is 11.6 Å². The van der Waals surface area contributed by atoms with E-state index in [0.29, 0.717) is 0 Å². The van der Waals surface area contributed by atoms with Gasteiger partial charge in [-0.1, -0.05) is 29.3 Å². The molecular weight excluding hydrogens is 373 g/mol. The first kappa shape index (κ1) is 17.1. The van der Waals surface area contributed by atoms with Crippen LogP contribution in [0.3, 0.4) is 0 Å². The van der Waals surface area contributed by atoms with Crippen LogP contribution in [-0.2, 0) is 0 Å². The Hall–Kier alpha value is -2.78. The summed E-state index contributed by atoms with van der Waals surface area (Å²) in [6, 6.07) is 6.02. The Bertz CT molecular complexity index is 1030. The number of methoxy groups -OCH3 is 2. The van der Waals surface area contributed by atoms with Gasteiger partial charge < -0.3 is 9.47 Å². The van der Waals surface area contributed by atoms with Crippen molar-refractivity contribution in [1.82, 2.24) is 24.3 Å². The van der Waals surface area contributed by atoms with Gasteiger partial charge in [0, 0.05) is 0 Å². The van der Waals surface area contributed by atoms with Crippen molar-refractivity contribution in [3.8, 4) is 23.4 Å². The van der Waals surface area contributed by atoms with Crippen LogP contribution in [-0.4, -0.2) is 38.5 Å². The molecule has 1 N–H and O–H groups in total. The predicted molar refractivity (Wildman–Crippen MR) is 90.7 cm³/mol. The van der Waals surface area contributed by atoms with Gasteiger partial charge in [-0.25, -0.2) is 19.3 Å². The van der Waals surface area contributed by atoms with Crippen molar-refractivity contribution < 1.29 is 9.47 Å². The number of aromatic amines is 1. The third-order valence-corrected chi connectivity index (χ3v) is 4.06. The summed E-state index contributed by atoms with van der Waals surface area (Å²) in [5.74, 6) is 0.182. The van der Waals surface area contributed by atoms with Gasteiger partial charge in [0.05, 0.1) is 36.0 Å². The minimum atomic E-state index is -0.760. The van der Waals surface area contributed by atoms with Crippen molar-refractivity contribution >= 4 is 23.2 Å². The van der Waals surface area contributed by atoms with Gasteiger partial charge in [-0.15, -0.1) is 0 Å². The Labute approximate surface area is 150 Å². The molecule has 3 rings (SSSR count). The Morgan fingerprint density at radius 3 is 2.32 bits per heavy atom. The molecule has 9 nitrogen and oxygen atoms in total. The van der Waals surface area contributed by atoms with Gasteiger partial charge in [0.25, 0.3) is 5.95 Å². The zero-order valence-electron chi connectivity index (χ0n) is 13.0. The summed E-state index contributed by atoms with van der Waals surface area (Å²) in [5, 5.41) is 2.62. The smallest absolute Gasteiger partial charge is 0.359 e. The molecule has 0 radical (unpaired) electrons. The molecule has 2 heterocycles. The Kier molecular flexibility index (Phi) is 4.51. The molecule has 11 heteroatoms. The number of H-pyrrole nitrogens is 1. The Morgan fingerprint density at radius 2 is 1.72 bits per heavy atom. The summed E-state index contributed by atoms with van der Waals surface area (Å²) < 4.78 is 11.7. The summed E-state index contributed by atoms with van der Waals surface area (Å²) in [6.45, 7) is 0. The molecule has 0 saturated carbocycles. The number of aromatic nitrogens is 5. The first-order valence-corrected chi connectivity index (χ1v) is 7.57. The first-order chi connectivity index (χ1) is 12.0. The van der Waals surface area contributed by atoms with E-state index >= 15 is 0 Å². The van der Waals surface area contributed by atoms with Crippen molar-refractivity contribution in [3.63, 3.8) is 0 Å². The Balaban J connectivity index is 2.24. The molecule has 0 spiro atoms. The number of benzene rings is 1. The van der Waals surface area contributed by atoms with Gasteiger partial charge in [-0.2, -0.15) is 14.6 Å². The topological polar surface area (TPSA) is 104 Å². The third-order valence-electron chi connectivity index (χ3n) is 3.25. The van der Waals surface area contributed by atoms with Crippen LogP contribution < -0.4 is 20.9 Å². The molecule has 0 bridgehead atoms. The highest BCUT2D eigenvalue weighted by molar-refractivity contribution is 6.43. The molecule has 0 aliphatic heterocycles. The zero-order chi connectivity index (χ0) is 18.1. The molecule has 0 amide bonds. The van der Waals surface area contributed by atoms with E-state index in [2.05, 4.69) is 15.1 Å². The van der Waals surface area contributed by atoms with Crippen LogP contribution in [0.1, 0.15) is 0 Å². The average Bonchev–Trinajstić information content (AvgIpc) is 2.91. The fraction of sp³-hybridized carbons (Fsp3) is 0.143. The van der Waals surface area contributed by atoms with Gasteiger partial charge in [0.1, 0.15) is 0 Å². The predicted octanol–water partition coefficient (Wildman–Crippen LogP) is 1.43. The van der Waals surface area contributed by atoms with E-state index in [9.17, 15) is 9.59 Å². The quantitative estimate of drug-likeness (QED) is 0.730. The summed E-state index contributed by atoms with van der Waals surface area (Å²) in [6.07, 6.45) is 0. The molecule has 2 aromatic heterocycles. The first-order valence-electron chi connectivity index (χ1n) is 6.82. The lowest BCUT2D eigenvalue weighted by atomic mass is 10.3. The molecule has 0 aliphatic carbocycles. The summed E-state index contributed by atoms with van der Waals surface area (Å²) in [7, 11) is 2.79. The van der Waals surface area contributed by atoms with E-state index in [1.807, 2.05) is 0 Å². The highest BCUT2D eigenvalue weighted by Gasteiger charge is 2.18. The number of nitrogens with one attached hydrogen (secondary N) is 1. The monoisotopic (exact) mass is 383 g/mol. The SMILES string of the molecule is COc1cc(OC)nc(-n2[nH]c(=O)n(-c3cccc(Cl)c3Cl)c2=O)n1. The van der Waals surface area contributed by atoms with Crippen molar-refractivity contribution in [1.29, 1.82) is 0 Å². The number of halogens is 2. The molecule has 0 saturated heterocycles. The molecule has 130 valence electrons. The van der Waals surface area contributed by atoms with E-state index in [1.165, 1.54) is 26.4 Å². The maximum atomic E-state index is 12.7. The lowest BCUT2D eigenvalue weighted by Crippen LogP contribution is -2.27. The van der Waals surface area contributed by atoms with Crippen LogP contribution >= 0.6 is 23.2 Å². The molecule has 3 aromatic rings. The highest BCUT2D eigenvalue weighted by Crippen LogP contribution is 2.27. The number of nitrogens with zero attached hydrogens (tertiary/aromatic N) is 4. The minimum absolute atomic E-state index is 0.0682. The highest BCUT2D eigenvalue weighted by atomic mass is 35.5. The van der Waals surface area contributed by atoms with Crippen LogP contribution in [0, 0.1) is 0 Å². The molecule has 25 heavy (non-hydrogen) atoms. The molecule has 0 aliphatic rings. The van der Waals surface area contributed by atoms with E-state index in [1.54, 1.807) is 12.1 Å². The summed E-state index contributed by atoms with van der Waals surface area (Å²) >= 11 is 12.0. The second kappa shape index (κ2) is 6.61. The molecule has 0 fully saturated rings. The number of hydrogen-bond donors (Lipinski definition) is 1. The lowest BCUT2D eigenvalue weighted by Gasteiger charge is -2.06. The van der Waals surface area contributed by atoms with Crippen molar-refractivity contribution in [2.45, 2.75) is 0 Å². The minimum Gasteiger partial charge on any atom is -0.481 e. The second-order valence-corrected chi connectivity index (χ2v) is 5.48. The second-order valence-electron chi connectivity index (χ2n) is 4.70. The van der Waals surface area contributed by atoms with Crippen LogP contribution in [0.15, 0.2) is 33.9 Å². The molecule has 0 atom stereocenters. The van der Waals surface area contributed by atoms with Crippen LogP contribution in [0.5, 0.6) is 11.8 Å². The van der Waals surface area contributed by atoms with Crippen molar-refractivity contribution in [3.05, 3.63) is 55.3 Å². The van der Waals surface area contributed by atoms with E-state index in [4.69, 9.17) is 32.7 Å². The van der Waals surface area contributed by atoms with E-state index in [-0.39, 0.29) is 33.4 Å². The Morgan fingerprint density at radius 1 is 1.08 bits per heavy atom. The fourth-order valence-electron chi connectivity index (χ4n) is 2.09. The summed E-state index contributed by atoms with van der Waals surface area (Å²) in [4.78, 5) is 33.0. The van der Waals surface area contributed by atoms with Gasteiger partial charge in [-0.05, 0) is 12.1 Å². The van der Waals surface area contributed by atoms with E-state index in [0.717, 1.165) is 9.25 Å². The lowest BCUT2D eigenvalue weighted by molar-refractivity contribution is 0.369. The normalized spacial score (nSPS) is 10.7. The number of ether oxygens (including phenoxy) is 2. The van der Waals surface area contributed by atoms with Crippen molar-refractivity contribution in [2.24, 2.45) is 0 Å². The van der Waals surface area contributed by atoms with Gasteiger partial charge in [0.15, 0.2) is 0 Å². The van der Waals surface area contributed by atoms with Crippen LogP contribution in [0.2, 0.25) is 10.0 Å². The maximum absolute atomic E-state index is 12.7. The van der Waals surface area contributed by atoms with Gasteiger partial charge >= 0.3 is 11.4 Å². The number of rotatable bonds is 4. The third kappa shape index (κ3) is 2.99.